The Hall–Kier alpha value is -1.06. The molecule has 1 atom stereocenters. The average molecular weight is 290 g/mol. The molecule has 1 unspecified atom stereocenters. The van der Waals surface area contributed by atoms with Crippen LogP contribution < -0.4 is 10.1 Å². The molecule has 1 N–H and O–H groups in total. The first kappa shape index (κ1) is 16.3. The van der Waals surface area contributed by atoms with Gasteiger partial charge in [0.1, 0.15) is 5.75 Å². The topological polar surface area (TPSA) is 24.5 Å². The van der Waals surface area contributed by atoms with Gasteiger partial charge in [-0.1, -0.05) is 18.6 Å². The number of ether oxygens (including phenoxy) is 1. The standard InChI is InChI=1S/C18H30N2O/c1-18(2,3)19-16-7-5-6-12-20(14-16)13-15-8-10-17(21-4)11-9-15/h8-11,16,19H,5-7,12-14H2,1-4H3. The van der Waals surface area contributed by atoms with Crippen LogP contribution in [-0.2, 0) is 6.54 Å². The molecule has 0 aliphatic carbocycles. The summed E-state index contributed by atoms with van der Waals surface area (Å²) >= 11 is 0. The minimum absolute atomic E-state index is 0.195. The lowest BCUT2D eigenvalue weighted by Crippen LogP contribution is -2.48. The van der Waals surface area contributed by atoms with Crippen molar-refractivity contribution >= 4 is 0 Å². The van der Waals surface area contributed by atoms with Crippen molar-refractivity contribution in [3.05, 3.63) is 29.8 Å². The van der Waals surface area contributed by atoms with Crippen LogP contribution in [0.25, 0.3) is 0 Å². The van der Waals surface area contributed by atoms with Gasteiger partial charge in [0.15, 0.2) is 0 Å². The summed E-state index contributed by atoms with van der Waals surface area (Å²) in [5.74, 6) is 0.932. The molecule has 0 aromatic heterocycles. The number of nitrogens with zero attached hydrogens (tertiary/aromatic N) is 1. The van der Waals surface area contributed by atoms with Crippen LogP contribution in [0.3, 0.4) is 0 Å². The third-order valence-corrected chi connectivity index (χ3v) is 3.96. The Morgan fingerprint density at radius 2 is 1.90 bits per heavy atom. The minimum Gasteiger partial charge on any atom is -0.497 e. The highest BCUT2D eigenvalue weighted by Gasteiger charge is 2.22. The van der Waals surface area contributed by atoms with E-state index in [0.717, 1.165) is 18.8 Å². The van der Waals surface area contributed by atoms with Crippen LogP contribution >= 0.6 is 0 Å². The highest BCUT2D eigenvalue weighted by Crippen LogP contribution is 2.17. The van der Waals surface area contributed by atoms with E-state index in [-0.39, 0.29) is 5.54 Å². The first-order valence-corrected chi connectivity index (χ1v) is 8.09. The second kappa shape index (κ2) is 7.28. The third-order valence-electron chi connectivity index (χ3n) is 3.96. The van der Waals surface area contributed by atoms with Gasteiger partial charge in [-0.25, -0.2) is 0 Å². The molecule has 0 bridgehead atoms. The van der Waals surface area contributed by atoms with Gasteiger partial charge in [-0.05, 0) is 57.9 Å². The van der Waals surface area contributed by atoms with Gasteiger partial charge in [0.2, 0.25) is 0 Å². The van der Waals surface area contributed by atoms with Crippen LogP contribution in [0.1, 0.15) is 45.6 Å². The maximum Gasteiger partial charge on any atom is 0.118 e. The second-order valence-corrected chi connectivity index (χ2v) is 7.17. The molecule has 0 radical (unpaired) electrons. The summed E-state index contributed by atoms with van der Waals surface area (Å²) in [6.07, 6.45) is 3.92. The number of methoxy groups -OCH3 is 1. The Kier molecular flexibility index (Phi) is 5.65. The highest BCUT2D eigenvalue weighted by atomic mass is 16.5. The van der Waals surface area contributed by atoms with E-state index in [9.17, 15) is 0 Å². The van der Waals surface area contributed by atoms with Gasteiger partial charge in [0, 0.05) is 24.7 Å². The zero-order valence-corrected chi connectivity index (χ0v) is 14.0. The van der Waals surface area contributed by atoms with Gasteiger partial charge >= 0.3 is 0 Å². The molecular formula is C18H30N2O. The van der Waals surface area contributed by atoms with Crippen molar-refractivity contribution in [2.24, 2.45) is 0 Å². The normalized spacial score (nSPS) is 21.0. The number of rotatable bonds is 4. The van der Waals surface area contributed by atoms with Crippen molar-refractivity contribution in [3.63, 3.8) is 0 Å². The Morgan fingerprint density at radius 3 is 2.52 bits per heavy atom. The van der Waals surface area contributed by atoms with E-state index < -0.39 is 0 Å². The van der Waals surface area contributed by atoms with Crippen LogP contribution in [-0.4, -0.2) is 36.7 Å². The zero-order valence-electron chi connectivity index (χ0n) is 14.0. The summed E-state index contributed by atoms with van der Waals surface area (Å²) in [5.41, 5.74) is 1.56. The first-order valence-electron chi connectivity index (χ1n) is 8.09. The molecule has 0 saturated carbocycles. The predicted octanol–water partition coefficient (Wildman–Crippen LogP) is 3.44. The van der Waals surface area contributed by atoms with E-state index in [2.05, 4.69) is 55.3 Å². The molecule has 3 heteroatoms. The maximum absolute atomic E-state index is 5.23. The van der Waals surface area contributed by atoms with Gasteiger partial charge in [-0.15, -0.1) is 0 Å². The number of hydrogen-bond donors (Lipinski definition) is 1. The number of likely N-dealkylation sites (tertiary alicyclic amines) is 1. The first-order chi connectivity index (χ1) is 9.96. The molecule has 3 nitrogen and oxygen atoms in total. The smallest absolute Gasteiger partial charge is 0.118 e. The van der Waals surface area contributed by atoms with E-state index in [1.807, 2.05) is 0 Å². The van der Waals surface area contributed by atoms with Gasteiger partial charge in [-0.3, -0.25) is 4.90 Å². The molecule has 21 heavy (non-hydrogen) atoms. The van der Waals surface area contributed by atoms with Gasteiger partial charge in [0.05, 0.1) is 7.11 Å². The molecule has 118 valence electrons. The molecule has 1 saturated heterocycles. The molecule has 1 aliphatic rings. The van der Waals surface area contributed by atoms with Crippen LogP contribution in [0.5, 0.6) is 5.75 Å². The Bertz CT molecular complexity index is 422. The molecule has 0 amide bonds. The molecule has 0 spiro atoms. The molecule has 1 aromatic carbocycles. The summed E-state index contributed by atoms with van der Waals surface area (Å²) in [5, 5.41) is 3.77. The summed E-state index contributed by atoms with van der Waals surface area (Å²) in [6.45, 7) is 10.1. The van der Waals surface area contributed by atoms with Crippen molar-refractivity contribution < 1.29 is 4.74 Å². The minimum atomic E-state index is 0.195. The number of hydrogen-bond acceptors (Lipinski definition) is 3. The van der Waals surface area contributed by atoms with E-state index in [4.69, 9.17) is 4.74 Å². The van der Waals surface area contributed by atoms with Crippen molar-refractivity contribution in [1.29, 1.82) is 0 Å². The second-order valence-electron chi connectivity index (χ2n) is 7.17. The number of nitrogens with one attached hydrogen (secondary N) is 1. The fraction of sp³-hybridized carbons (Fsp3) is 0.667. The average Bonchev–Trinajstić information content (AvgIpc) is 2.63. The SMILES string of the molecule is COc1ccc(CN2CCCCC(NC(C)(C)C)C2)cc1. The summed E-state index contributed by atoms with van der Waals surface area (Å²) in [4.78, 5) is 2.58. The largest absolute Gasteiger partial charge is 0.497 e. The lowest BCUT2D eigenvalue weighted by atomic mass is 10.0. The maximum atomic E-state index is 5.23. The van der Waals surface area contributed by atoms with Gasteiger partial charge in [0.25, 0.3) is 0 Å². The third kappa shape index (κ3) is 5.68. The van der Waals surface area contributed by atoms with Crippen LogP contribution in [0.15, 0.2) is 24.3 Å². The summed E-state index contributed by atoms with van der Waals surface area (Å²) in [6, 6.07) is 9.06. The van der Waals surface area contributed by atoms with E-state index >= 15 is 0 Å². The van der Waals surface area contributed by atoms with Crippen LogP contribution in [0, 0.1) is 0 Å². The summed E-state index contributed by atoms with van der Waals surface area (Å²) in [7, 11) is 1.71. The van der Waals surface area contributed by atoms with Crippen molar-refractivity contribution in [2.75, 3.05) is 20.2 Å². The lowest BCUT2D eigenvalue weighted by Gasteiger charge is -2.31. The monoisotopic (exact) mass is 290 g/mol. The molecule has 1 aliphatic heterocycles. The molecule has 2 rings (SSSR count). The van der Waals surface area contributed by atoms with E-state index in [1.54, 1.807) is 7.11 Å². The fourth-order valence-corrected chi connectivity index (χ4v) is 3.08. The van der Waals surface area contributed by atoms with Crippen molar-refractivity contribution in [1.82, 2.24) is 10.2 Å². The van der Waals surface area contributed by atoms with E-state index in [0.29, 0.717) is 6.04 Å². The van der Waals surface area contributed by atoms with Crippen molar-refractivity contribution in [3.8, 4) is 5.75 Å². The van der Waals surface area contributed by atoms with Crippen LogP contribution in [0.2, 0.25) is 0 Å². The van der Waals surface area contributed by atoms with Crippen molar-refractivity contribution in [2.45, 2.75) is 58.2 Å². The molecule has 1 fully saturated rings. The Balaban J connectivity index is 1.94. The molecule has 1 heterocycles. The predicted molar refractivity (Wildman–Crippen MR) is 88.8 cm³/mol. The molecular weight excluding hydrogens is 260 g/mol. The van der Waals surface area contributed by atoms with Crippen LogP contribution in [0.4, 0.5) is 0 Å². The van der Waals surface area contributed by atoms with Gasteiger partial charge in [-0.2, -0.15) is 0 Å². The zero-order chi connectivity index (χ0) is 15.3. The lowest BCUT2D eigenvalue weighted by molar-refractivity contribution is 0.230. The quantitative estimate of drug-likeness (QED) is 0.919. The fourth-order valence-electron chi connectivity index (χ4n) is 3.08. The Morgan fingerprint density at radius 1 is 1.19 bits per heavy atom. The summed E-state index contributed by atoms with van der Waals surface area (Å²) < 4.78 is 5.23. The Labute approximate surface area is 129 Å². The van der Waals surface area contributed by atoms with E-state index in [1.165, 1.54) is 31.4 Å². The number of benzene rings is 1. The molecule has 1 aromatic rings. The van der Waals surface area contributed by atoms with Gasteiger partial charge < -0.3 is 10.1 Å². The highest BCUT2D eigenvalue weighted by molar-refractivity contribution is 5.27.